The highest BCUT2D eigenvalue weighted by Crippen LogP contribution is 2.29. The van der Waals surface area contributed by atoms with E-state index in [4.69, 9.17) is 46.4 Å². The molecule has 1 N–H and O–H groups in total. The van der Waals surface area contributed by atoms with E-state index in [1.807, 2.05) is 20.8 Å². The van der Waals surface area contributed by atoms with Crippen molar-refractivity contribution in [3.05, 3.63) is 62.1 Å². The van der Waals surface area contributed by atoms with Gasteiger partial charge in [-0.2, -0.15) is 0 Å². The highest BCUT2D eigenvalue weighted by Gasteiger charge is 2.33. The molecule has 0 saturated carbocycles. The van der Waals surface area contributed by atoms with Crippen LogP contribution in [0.15, 0.2) is 36.4 Å². The molecule has 0 bridgehead atoms. The first-order valence-electron chi connectivity index (χ1n) is 11.0. The Labute approximate surface area is 232 Å². The summed E-state index contributed by atoms with van der Waals surface area (Å²) in [6.07, 6.45) is 1.23. The van der Waals surface area contributed by atoms with Crippen molar-refractivity contribution in [2.45, 2.75) is 52.2 Å². The number of benzene rings is 2. The summed E-state index contributed by atoms with van der Waals surface area (Å²) in [5.41, 5.74) is -0.00317. The zero-order valence-corrected chi connectivity index (χ0v) is 24.5. The summed E-state index contributed by atoms with van der Waals surface area (Å²) < 4.78 is 26.3. The fraction of sp³-hybridized carbons (Fsp3) is 0.417. The Morgan fingerprint density at radius 3 is 1.97 bits per heavy atom. The minimum atomic E-state index is -3.93. The first-order valence-corrected chi connectivity index (χ1v) is 14.4. The second-order valence-corrected chi connectivity index (χ2v) is 12.9. The fourth-order valence-corrected chi connectivity index (χ4v) is 5.39. The quantitative estimate of drug-likeness (QED) is 0.397. The number of halogens is 4. The van der Waals surface area contributed by atoms with Crippen molar-refractivity contribution >= 4 is 73.9 Å². The van der Waals surface area contributed by atoms with Crippen LogP contribution in [0, 0.1) is 0 Å². The number of rotatable bonds is 9. The number of nitrogens with one attached hydrogen (secondary N) is 1. The number of hydrogen-bond donors (Lipinski definition) is 1. The van der Waals surface area contributed by atoms with Crippen molar-refractivity contribution in [1.29, 1.82) is 0 Å². The van der Waals surface area contributed by atoms with Gasteiger partial charge in [-0.3, -0.25) is 13.9 Å². The average molecular weight is 597 g/mol. The van der Waals surface area contributed by atoms with Gasteiger partial charge in [0.15, 0.2) is 0 Å². The van der Waals surface area contributed by atoms with Crippen LogP contribution in [0.2, 0.25) is 20.1 Å². The normalized spacial score (nSPS) is 12.7. The van der Waals surface area contributed by atoms with Crippen LogP contribution in [0.25, 0.3) is 0 Å². The van der Waals surface area contributed by atoms with Crippen molar-refractivity contribution in [2.24, 2.45) is 0 Å². The van der Waals surface area contributed by atoms with Gasteiger partial charge >= 0.3 is 0 Å². The maximum atomic E-state index is 13.7. The van der Waals surface area contributed by atoms with Gasteiger partial charge in [-0.1, -0.05) is 59.4 Å². The standard InChI is InChI=1S/C24H29Cl4N3O4S/c1-6-21(23(33)29-24(2,3)4)30(13-18-19(27)8-7-9-20(18)28)22(32)14-31(36(5,34)35)17-11-15(25)10-16(26)12-17/h7-12,21H,6,13-14H2,1-5H3,(H,29,33)/t21-/m0/s1. The molecule has 0 aliphatic heterocycles. The average Bonchev–Trinajstić information content (AvgIpc) is 2.70. The van der Waals surface area contributed by atoms with E-state index < -0.39 is 40.0 Å². The second-order valence-electron chi connectivity index (χ2n) is 9.28. The van der Waals surface area contributed by atoms with Crippen LogP contribution in [0.1, 0.15) is 39.7 Å². The van der Waals surface area contributed by atoms with Gasteiger partial charge in [-0.15, -0.1) is 0 Å². The van der Waals surface area contributed by atoms with Crippen LogP contribution in [0.5, 0.6) is 0 Å². The second kappa shape index (κ2) is 12.2. The van der Waals surface area contributed by atoms with Gasteiger partial charge in [-0.25, -0.2) is 8.42 Å². The van der Waals surface area contributed by atoms with E-state index in [0.29, 0.717) is 15.6 Å². The van der Waals surface area contributed by atoms with E-state index in [1.54, 1.807) is 25.1 Å². The van der Waals surface area contributed by atoms with Crippen LogP contribution in [0.4, 0.5) is 5.69 Å². The highest BCUT2D eigenvalue weighted by atomic mass is 35.5. The molecule has 198 valence electrons. The summed E-state index contributed by atoms with van der Waals surface area (Å²) in [5, 5.41) is 3.92. The lowest BCUT2D eigenvalue weighted by atomic mass is 10.1. The molecule has 2 rings (SSSR count). The van der Waals surface area contributed by atoms with Crippen molar-refractivity contribution in [3.63, 3.8) is 0 Å². The van der Waals surface area contributed by atoms with Gasteiger partial charge in [0.2, 0.25) is 21.8 Å². The number of amides is 2. The molecule has 1 atom stereocenters. The summed E-state index contributed by atoms with van der Waals surface area (Å²) >= 11 is 24.9. The lowest BCUT2D eigenvalue weighted by Crippen LogP contribution is -2.55. The molecule has 0 heterocycles. The van der Waals surface area contributed by atoms with Crippen molar-refractivity contribution in [1.82, 2.24) is 10.2 Å². The number of sulfonamides is 1. The molecule has 7 nitrogen and oxygen atoms in total. The predicted molar refractivity (Wildman–Crippen MR) is 148 cm³/mol. The Morgan fingerprint density at radius 2 is 1.53 bits per heavy atom. The number of anilines is 1. The summed E-state index contributed by atoms with van der Waals surface area (Å²) in [7, 11) is -3.93. The van der Waals surface area contributed by atoms with E-state index in [1.165, 1.54) is 23.1 Å². The third-order valence-corrected chi connectivity index (χ3v) is 7.37. The van der Waals surface area contributed by atoms with Crippen LogP contribution < -0.4 is 9.62 Å². The molecule has 0 aliphatic rings. The summed E-state index contributed by atoms with van der Waals surface area (Å²) in [4.78, 5) is 28.2. The molecule has 0 spiro atoms. The van der Waals surface area contributed by atoms with E-state index in [9.17, 15) is 18.0 Å². The topological polar surface area (TPSA) is 86.8 Å². The summed E-state index contributed by atoms with van der Waals surface area (Å²) in [6, 6.07) is 8.22. The first-order chi connectivity index (χ1) is 16.5. The van der Waals surface area contributed by atoms with Gasteiger partial charge in [0.05, 0.1) is 11.9 Å². The van der Waals surface area contributed by atoms with Crippen LogP contribution >= 0.6 is 46.4 Å². The molecule has 12 heteroatoms. The monoisotopic (exact) mass is 595 g/mol. The lowest BCUT2D eigenvalue weighted by Gasteiger charge is -2.34. The Morgan fingerprint density at radius 1 is 1.00 bits per heavy atom. The Kier molecular flexibility index (Phi) is 10.4. The molecule has 0 radical (unpaired) electrons. The summed E-state index contributed by atoms with van der Waals surface area (Å²) in [6.45, 7) is 6.51. The molecule has 2 amide bonds. The Bertz CT molecular complexity index is 1190. The lowest BCUT2D eigenvalue weighted by molar-refractivity contribution is -0.141. The zero-order chi connectivity index (χ0) is 27.4. The minimum Gasteiger partial charge on any atom is -0.350 e. The number of hydrogen-bond acceptors (Lipinski definition) is 4. The summed E-state index contributed by atoms with van der Waals surface area (Å²) in [5.74, 6) is -1.03. The maximum Gasteiger partial charge on any atom is 0.244 e. The molecule has 0 saturated heterocycles. The zero-order valence-electron chi connectivity index (χ0n) is 20.6. The van der Waals surface area contributed by atoms with Gasteiger partial charge < -0.3 is 10.2 Å². The SMILES string of the molecule is CC[C@@H](C(=O)NC(C)(C)C)N(Cc1c(Cl)cccc1Cl)C(=O)CN(c1cc(Cl)cc(Cl)c1)S(C)(=O)=O. The van der Waals surface area contributed by atoms with Crippen LogP contribution in [0.3, 0.4) is 0 Å². The maximum absolute atomic E-state index is 13.7. The molecule has 0 fully saturated rings. The smallest absolute Gasteiger partial charge is 0.244 e. The van der Waals surface area contributed by atoms with Crippen molar-refractivity contribution in [2.75, 3.05) is 17.1 Å². The highest BCUT2D eigenvalue weighted by molar-refractivity contribution is 7.92. The largest absolute Gasteiger partial charge is 0.350 e. The van der Waals surface area contributed by atoms with Gasteiger partial charge in [0.1, 0.15) is 12.6 Å². The molecule has 0 aliphatic carbocycles. The van der Waals surface area contributed by atoms with E-state index >= 15 is 0 Å². The van der Waals surface area contributed by atoms with E-state index in [-0.39, 0.29) is 28.7 Å². The third kappa shape index (κ3) is 8.42. The van der Waals surface area contributed by atoms with Crippen LogP contribution in [-0.4, -0.2) is 49.5 Å². The number of carbonyl (C=O) groups excluding carboxylic acids is 2. The molecule has 2 aromatic rings. The van der Waals surface area contributed by atoms with E-state index in [2.05, 4.69) is 5.32 Å². The Balaban J connectivity index is 2.55. The molecule has 0 unspecified atom stereocenters. The van der Waals surface area contributed by atoms with Crippen molar-refractivity contribution in [3.8, 4) is 0 Å². The van der Waals surface area contributed by atoms with Gasteiger partial charge in [0, 0.05) is 37.7 Å². The van der Waals surface area contributed by atoms with Crippen LogP contribution in [-0.2, 0) is 26.2 Å². The molecule has 36 heavy (non-hydrogen) atoms. The number of nitrogens with zero attached hydrogens (tertiary/aromatic N) is 2. The molecular weight excluding hydrogens is 568 g/mol. The van der Waals surface area contributed by atoms with E-state index in [0.717, 1.165) is 10.6 Å². The molecular formula is C24H29Cl4N3O4S. The third-order valence-electron chi connectivity index (χ3n) is 5.09. The number of carbonyl (C=O) groups is 2. The molecule has 2 aromatic carbocycles. The fourth-order valence-electron chi connectivity index (χ4n) is 3.52. The minimum absolute atomic E-state index is 0.110. The predicted octanol–water partition coefficient (Wildman–Crippen LogP) is 5.79. The van der Waals surface area contributed by atoms with Crippen molar-refractivity contribution < 1.29 is 18.0 Å². The molecule has 0 aromatic heterocycles. The Hall–Kier alpha value is -1.71. The van der Waals surface area contributed by atoms with Gasteiger partial charge in [-0.05, 0) is 57.5 Å². The van der Waals surface area contributed by atoms with Gasteiger partial charge in [0.25, 0.3) is 0 Å². The first kappa shape index (κ1) is 30.5.